The maximum atomic E-state index is 7.08. The van der Waals surface area contributed by atoms with E-state index in [4.69, 9.17) is 4.42 Å². The highest BCUT2D eigenvalue weighted by atomic mass is 16.3. The summed E-state index contributed by atoms with van der Waals surface area (Å²) in [6, 6.07) is 70.2. The summed E-state index contributed by atoms with van der Waals surface area (Å²) >= 11 is 0. The number of para-hydroxylation sites is 2. The van der Waals surface area contributed by atoms with Gasteiger partial charge in [-0.05, 0) is 102 Å². The lowest BCUT2D eigenvalue weighted by Crippen LogP contribution is -2.27. The van der Waals surface area contributed by atoms with Crippen molar-refractivity contribution in [3.63, 3.8) is 0 Å². The smallest absolute Gasteiger partial charge is 0.160 e. The van der Waals surface area contributed by atoms with Crippen molar-refractivity contribution in [2.45, 2.75) is 57.8 Å². The summed E-state index contributed by atoms with van der Waals surface area (Å²) in [7, 11) is 0. The molecule has 304 valence electrons. The van der Waals surface area contributed by atoms with E-state index in [0.29, 0.717) is 0 Å². The monoisotopic (exact) mass is 811 g/mol. The minimum absolute atomic E-state index is 0.0314. The highest BCUT2D eigenvalue weighted by Crippen LogP contribution is 2.66. The van der Waals surface area contributed by atoms with E-state index in [1.165, 1.54) is 66.4 Å². The summed E-state index contributed by atoms with van der Waals surface area (Å²) < 4.78 is 7.08. The van der Waals surface area contributed by atoms with Crippen LogP contribution in [-0.4, -0.2) is 0 Å². The lowest BCUT2D eigenvalue weighted by atomic mass is 9.69. The summed E-state index contributed by atoms with van der Waals surface area (Å²) in [6.07, 6.45) is 0. The minimum Gasteiger partial charge on any atom is -0.454 e. The van der Waals surface area contributed by atoms with Gasteiger partial charge in [0.25, 0.3) is 0 Å². The molecule has 10 aromatic rings. The lowest BCUT2D eigenvalue weighted by molar-refractivity contribution is 0.586. The fraction of sp³-hybridized carbons (Fsp3) is 0.148. The molecule has 0 N–H and O–H groups in total. The Balaban J connectivity index is 1.24. The number of nitrogens with zero attached hydrogens (tertiary/aromatic N) is 1. The molecule has 1 spiro atoms. The highest BCUT2D eigenvalue weighted by Gasteiger charge is 2.53. The second-order valence-electron chi connectivity index (χ2n) is 19.7. The van der Waals surface area contributed by atoms with Crippen molar-refractivity contribution < 1.29 is 4.42 Å². The molecule has 0 unspecified atom stereocenters. The first-order chi connectivity index (χ1) is 30.5. The average Bonchev–Trinajstić information content (AvgIpc) is 3.94. The van der Waals surface area contributed by atoms with Crippen LogP contribution in [0, 0.1) is 0 Å². The Morgan fingerprint density at radius 3 is 1.70 bits per heavy atom. The lowest BCUT2D eigenvalue weighted by Gasteiger charge is -2.34. The number of benzene rings is 9. The Kier molecular flexibility index (Phi) is 8.01. The quantitative estimate of drug-likeness (QED) is 0.176. The molecule has 1 aromatic heterocycles. The molecule has 12 rings (SSSR count). The zero-order valence-corrected chi connectivity index (χ0v) is 36.8. The molecule has 63 heavy (non-hydrogen) atoms. The molecule has 0 radical (unpaired) electrons. The normalized spacial score (nSPS) is 13.7. The van der Waals surface area contributed by atoms with Gasteiger partial charge in [0.2, 0.25) is 0 Å². The van der Waals surface area contributed by atoms with Crippen molar-refractivity contribution in [3.8, 4) is 33.4 Å². The van der Waals surface area contributed by atoms with E-state index < -0.39 is 5.41 Å². The van der Waals surface area contributed by atoms with Crippen molar-refractivity contribution in [2.24, 2.45) is 0 Å². The van der Waals surface area contributed by atoms with Gasteiger partial charge in [-0.25, -0.2) is 0 Å². The second-order valence-corrected chi connectivity index (χ2v) is 19.7. The SMILES string of the molecule is CC(C)(C)c1ccc2c(c1)C1(c3cc(C(C)(C)C)ccc3-2)c2ccccc2-c2c(N(c3ccccc3-c3ccccc3)c3cc4ccccc4c4c3oc3ccccc34)cccc21. The van der Waals surface area contributed by atoms with Gasteiger partial charge in [-0.3, -0.25) is 0 Å². The number of hydrogen-bond donors (Lipinski definition) is 0. The van der Waals surface area contributed by atoms with Crippen LogP contribution in [0.25, 0.3) is 66.1 Å². The Bertz CT molecular complexity index is 3420. The Labute approximate surface area is 370 Å². The van der Waals surface area contributed by atoms with Crippen molar-refractivity contribution in [2.75, 3.05) is 4.90 Å². The second kappa shape index (κ2) is 13.4. The summed E-state index contributed by atoms with van der Waals surface area (Å²) in [5, 5.41) is 4.60. The molecule has 2 aliphatic carbocycles. The molecular weight excluding hydrogens is 763 g/mol. The van der Waals surface area contributed by atoms with E-state index in [0.717, 1.165) is 50.1 Å². The van der Waals surface area contributed by atoms with Crippen molar-refractivity contribution >= 4 is 49.8 Å². The van der Waals surface area contributed by atoms with Crippen molar-refractivity contribution in [1.82, 2.24) is 0 Å². The Hall–Kier alpha value is -7.16. The standard InChI is InChI=1S/C61H49NO/c1-59(2,3)40-31-33-44-45-34-32-41(60(4,5)6)37-51(45)61(50(44)36-40)48-26-15-12-24-46(48)57-49(61)27-18-29-53(57)62(52-28-16-13-22-42(52)38-19-8-7-9-20-38)54-35-39-21-10-11-23-43(39)56-47-25-14-17-30-55(47)63-58(54)56/h7-37H,1-6H3. The maximum absolute atomic E-state index is 7.08. The van der Waals surface area contributed by atoms with E-state index in [1.807, 2.05) is 0 Å². The van der Waals surface area contributed by atoms with E-state index in [9.17, 15) is 0 Å². The van der Waals surface area contributed by atoms with Gasteiger partial charge >= 0.3 is 0 Å². The third-order valence-corrected chi connectivity index (χ3v) is 14.0. The Morgan fingerprint density at radius 1 is 0.413 bits per heavy atom. The molecule has 1 heterocycles. The molecule has 0 amide bonds. The number of fused-ring (bicyclic) bond motifs is 15. The van der Waals surface area contributed by atoms with Crippen molar-refractivity contribution in [1.29, 1.82) is 0 Å². The van der Waals surface area contributed by atoms with Crippen LogP contribution < -0.4 is 4.90 Å². The first-order valence-corrected chi connectivity index (χ1v) is 22.3. The highest BCUT2D eigenvalue weighted by molar-refractivity contribution is 6.23. The van der Waals surface area contributed by atoms with Gasteiger partial charge in [0.05, 0.1) is 22.5 Å². The van der Waals surface area contributed by atoms with Crippen molar-refractivity contribution in [3.05, 3.63) is 221 Å². The van der Waals surface area contributed by atoms with Crippen LogP contribution >= 0.6 is 0 Å². The molecule has 0 saturated carbocycles. The number of rotatable bonds is 4. The number of furan rings is 1. The fourth-order valence-corrected chi connectivity index (χ4v) is 11.0. The minimum atomic E-state index is -0.544. The van der Waals surface area contributed by atoms with Crippen LogP contribution in [0.1, 0.15) is 74.9 Å². The van der Waals surface area contributed by atoms with E-state index in [-0.39, 0.29) is 10.8 Å². The molecule has 2 aliphatic rings. The molecule has 0 saturated heterocycles. The predicted molar refractivity (Wildman–Crippen MR) is 265 cm³/mol. The first kappa shape index (κ1) is 37.6. The van der Waals surface area contributed by atoms with Crippen LogP contribution in [0.3, 0.4) is 0 Å². The van der Waals surface area contributed by atoms with Gasteiger partial charge in [0.15, 0.2) is 5.58 Å². The fourth-order valence-electron chi connectivity index (χ4n) is 11.0. The zero-order valence-electron chi connectivity index (χ0n) is 36.8. The molecule has 2 nitrogen and oxygen atoms in total. The van der Waals surface area contributed by atoms with E-state index >= 15 is 0 Å². The zero-order chi connectivity index (χ0) is 42.8. The maximum Gasteiger partial charge on any atom is 0.160 e. The Morgan fingerprint density at radius 2 is 0.984 bits per heavy atom. The molecular formula is C61H49NO. The van der Waals surface area contributed by atoms with E-state index in [2.05, 4.69) is 234 Å². The van der Waals surface area contributed by atoms with Gasteiger partial charge in [-0.15, -0.1) is 0 Å². The van der Waals surface area contributed by atoms with Gasteiger partial charge in [0.1, 0.15) is 5.58 Å². The van der Waals surface area contributed by atoms with E-state index in [1.54, 1.807) is 0 Å². The van der Waals surface area contributed by atoms with Gasteiger partial charge in [0, 0.05) is 21.9 Å². The number of anilines is 3. The molecule has 9 aromatic carbocycles. The van der Waals surface area contributed by atoms with Crippen LogP contribution in [-0.2, 0) is 16.2 Å². The molecule has 0 bridgehead atoms. The first-order valence-electron chi connectivity index (χ1n) is 22.3. The topological polar surface area (TPSA) is 16.4 Å². The van der Waals surface area contributed by atoms with Gasteiger partial charge < -0.3 is 9.32 Å². The van der Waals surface area contributed by atoms with Crippen LogP contribution in [0.5, 0.6) is 0 Å². The molecule has 0 atom stereocenters. The summed E-state index contributed by atoms with van der Waals surface area (Å²) in [5.41, 5.74) is 19.8. The third-order valence-electron chi connectivity index (χ3n) is 14.0. The largest absolute Gasteiger partial charge is 0.454 e. The molecule has 2 heteroatoms. The number of hydrogen-bond acceptors (Lipinski definition) is 2. The van der Waals surface area contributed by atoms with Crippen LogP contribution in [0.4, 0.5) is 17.1 Å². The molecule has 0 fully saturated rings. The van der Waals surface area contributed by atoms with Gasteiger partial charge in [-0.2, -0.15) is 0 Å². The summed E-state index contributed by atoms with van der Waals surface area (Å²) in [6.45, 7) is 14.0. The molecule has 0 aliphatic heterocycles. The summed E-state index contributed by atoms with van der Waals surface area (Å²) in [5.74, 6) is 0. The predicted octanol–water partition coefficient (Wildman–Crippen LogP) is 16.8. The summed E-state index contributed by atoms with van der Waals surface area (Å²) in [4.78, 5) is 2.52. The van der Waals surface area contributed by atoms with Gasteiger partial charge in [-0.1, -0.05) is 205 Å². The third kappa shape index (κ3) is 5.37. The van der Waals surface area contributed by atoms with Crippen LogP contribution in [0.15, 0.2) is 192 Å². The van der Waals surface area contributed by atoms with Crippen LogP contribution in [0.2, 0.25) is 0 Å². The average molecular weight is 812 g/mol.